The van der Waals surface area contributed by atoms with Gasteiger partial charge in [0.2, 0.25) is 5.96 Å². The predicted molar refractivity (Wildman–Crippen MR) is 131 cm³/mol. The molecule has 0 saturated heterocycles. The lowest BCUT2D eigenvalue weighted by Gasteiger charge is -2.12. The lowest BCUT2D eigenvalue weighted by Crippen LogP contribution is -2.30. The van der Waals surface area contributed by atoms with Crippen LogP contribution in [0, 0.1) is 0 Å². The maximum Gasteiger partial charge on any atom is 0.212 e. The highest BCUT2D eigenvalue weighted by Crippen LogP contribution is 2.31. The van der Waals surface area contributed by atoms with Crippen molar-refractivity contribution in [1.82, 2.24) is 16.2 Å². The molecule has 31 heavy (non-hydrogen) atoms. The third-order valence-corrected chi connectivity index (χ3v) is 5.31. The van der Waals surface area contributed by atoms with Crippen LogP contribution >= 0.6 is 0 Å². The number of aliphatic imine (C=N–C) groups is 2. The fraction of sp³-hybridized carbons (Fsp3) is 0.250. The van der Waals surface area contributed by atoms with Crippen LogP contribution in [-0.2, 0) is 0 Å². The number of hydrazone groups is 2. The van der Waals surface area contributed by atoms with E-state index in [-0.39, 0.29) is 7.43 Å². The Labute approximate surface area is 182 Å². The average molecular weight is 414 g/mol. The monoisotopic (exact) mass is 413 g/mol. The normalized spacial score (nSPS) is 15.9. The van der Waals surface area contributed by atoms with E-state index in [1.807, 2.05) is 12.4 Å². The van der Waals surface area contributed by atoms with Gasteiger partial charge < -0.3 is 5.32 Å². The zero-order valence-corrected chi connectivity index (χ0v) is 16.6. The van der Waals surface area contributed by atoms with Crippen molar-refractivity contribution >= 4 is 45.8 Å². The number of fused-ring (bicyclic) bond motifs is 2. The highest BCUT2D eigenvalue weighted by atomic mass is 15.4. The molecule has 0 amide bonds. The molecule has 0 saturated carbocycles. The molecule has 7 nitrogen and oxygen atoms in total. The van der Waals surface area contributed by atoms with Crippen LogP contribution in [0.2, 0.25) is 0 Å². The van der Waals surface area contributed by atoms with Crippen molar-refractivity contribution in [3.05, 3.63) is 59.7 Å². The zero-order valence-electron chi connectivity index (χ0n) is 16.6. The number of benzene rings is 3. The number of amidine groups is 1. The van der Waals surface area contributed by atoms with Crippen LogP contribution in [0.3, 0.4) is 0 Å². The van der Waals surface area contributed by atoms with Crippen LogP contribution in [0.5, 0.6) is 0 Å². The molecule has 3 N–H and O–H groups in total. The van der Waals surface area contributed by atoms with Crippen LogP contribution in [0.1, 0.15) is 31.4 Å². The van der Waals surface area contributed by atoms with E-state index in [2.05, 4.69) is 84.9 Å². The first-order valence-corrected chi connectivity index (χ1v) is 10.2. The average Bonchev–Trinajstić information content (AvgIpc) is 3.49. The topological polar surface area (TPSA) is 85.5 Å². The molecule has 0 radical (unpaired) electrons. The summed E-state index contributed by atoms with van der Waals surface area (Å²) < 4.78 is 0. The molecule has 0 aromatic heterocycles. The van der Waals surface area contributed by atoms with Crippen molar-refractivity contribution in [2.75, 3.05) is 19.6 Å². The molecule has 0 bridgehead atoms. The largest absolute Gasteiger partial charge is 0.353 e. The predicted octanol–water partition coefficient (Wildman–Crippen LogP) is 3.63. The van der Waals surface area contributed by atoms with E-state index < -0.39 is 0 Å². The minimum atomic E-state index is 0. The summed E-state index contributed by atoms with van der Waals surface area (Å²) in [6.45, 7) is 2.50. The lowest BCUT2D eigenvalue weighted by atomic mass is 9.92. The minimum Gasteiger partial charge on any atom is -0.353 e. The number of hydrogen-bond donors (Lipinski definition) is 3. The summed E-state index contributed by atoms with van der Waals surface area (Å²) >= 11 is 0. The smallest absolute Gasteiger partial charge is 0.212 e. The molecule has 0 aliphatic carbocycles. The van der Waals surface area contributed by atoms with Crippen molar-refractivity contribution in [2.45, 2.75) is 20.3 Å². The minimum absolute atomic E-state index is 0. The van der Waals surface area contributed by atoms with Gasteiger partial charge in [0, 0.05) is 30.6 Å². The Balaban J connectivity index is 0.00000231. The molecule has 0 atom stereocenters. The van der Waals surface area contributed by atoms with Crippen molar-refractivity contribution in [3.8, 4) is 0 Å². The quantitative estimate of drug-likeness (QED) is 0.347. The van der Waals surface area contributed by atoms with Gasteiger partial charge in [-0.15, -0.1) is 0 Å². The first-order valence-electron chi connectivity index (χ1n) is 10.2. The maximum absolute atomic E-state index is 4.49. The van der Waals surface area contributed by atoms with Gasteiger partial charge in [-0.05, 0) is 28.0 Å². The van der Waals surface area contributed by atoms with Gasteiger partial charge in [-0.3, -0.25) is 10.4 Å². The fourth-order valence-corrected chi connectivity index (χ4v) is 3.91. The number of guanidine groups is 1. The Morgan fingerprint density at radius 2 is 1.35 bits per heavy atom. The third-order valence-electron chi connectivity index (χ3n) is 5.31. The number of nitrogens with one attached hydrogen (secondary N) is 3. The van der Waals surface area contributed by atoms with Gasteiger partial charge in [-0.2, -0.15) is 10.2 Å². The lowest BCUT2D eigenvalue weighted by molar-refractivity contribution is 0.920. The second kappa shape index (κ2) is 9.38. The van der Waals surface area contributed by atoms with E-state index in [1.54, 1.807) is 0 Å². The Bertz CT molecular complexity index is 1060. The third kappa shape index (κ3) is 4.26. The molecular formula is C24H27N7. The van der Waals surface area contributed by atoms with Gasteiger partial charge in [0.25, 0.3) is 0 Å². The molecule has 158 valence electrons. The second-order valence-electron chi connectivity index (χ2n) is 7.25. The van der Waals surface area contributed by atoms with E-state index in [1.165, 1.54) is 0 Å². The molecular weight excluding hydrogens is 386 g/mol. The highest BCUT2D eigenvalue weighted by Gasteiger charge is 2.12. The molecule has 3 aromatic carbocycles. The fourth-order valence-electron chi connectivity index (χ4n) is 3.91. The molecule has 2 aliphatic heterocycles. The summed E-state index contributed by atoms with van der Waals surface area (Å²) in [7, 11) is 0. The highest BCUT2D eigenvalue weighted by molar-refractivity contribution is 6.21. The SMILES string of the molecule is C.C(=N\NC1=NCCC1)/c1c2ccccc2c(/C=N/NC2=NCCN2)c2ccccc12. The van der Waals surface area contributed by atoms with E-state index in [0.717, 1.165) is 71.0 Å². The summed E-state index contributed by atoms with van der Waals surface area (Å²) in [6, 6.07) is 16.7. The van der Waals surface area contributed by atoms with Crippen molar-refractivity contribution in [1.29, 1.82) is 0 Å². The summed E-state index contributed by atoms with van der Waals surface area (Å²) in [5, 5.41) is 16.6. The molecule has 7 heteroatoms. The maximum atomic E-state index is 4.49. The molecule has 2 heterocycles. The van der Waals surface area contributed by atoms with Gasteiger partial charge >= 0.3 is 0 Å². The van der Waals surface area contributed by atoms with E-state index in [4.69, 9.17) is 0 Å². The van der Waals surface area contributed by atoms with E-state index in [0.29, 0.717) is 5.96 Å². The van der Waals surface area contributed by atoms with Gasteiger partial charge in [-0.25, -0.2) is 10.4 Å². The summed E-state index contributed by atoms with van der Waals surface area (Å²) in [4.78, 5) is 8.74. The van der Waals surface area contributed by atoms with Crippen molar-refractivity contribution < 1.29 is 0 Å². The zero-order chi connectivity index (χ0) is 20.2. The Hall–Kier alpha value is -3.74. The molecule has 5 rings (SSSR count). The van der Waals surface area contributed by atoms with Crippen LogP contribution in [0.25, 0.3) is 21.5 Å². The van der Waals surface area contributed by atoms with Crippen molar-refractivity contribution in [2.24, 2.45) is 20.2 Å². The first kappa shape index (κ1) is 20.5. The Morgan fingerprint density at radius 1 is 0.774 bits per heavy atom. The second-order valence-corrected chi connectivity index (χ2v) is 7.25. The van der Waals surface area contributed by atoms with Crippen LogP contribution in [0.4, 0.5) is 0 Å². The Morgan fingerprint density at radius 3 is 1.84 bits per heavy atom. The van der Waals surface area contributed by atoms with Gasteiger partial charge in [0.15, 0.2) is 0 Å². The van der Waals surface area contributed by atoms with Gasteiger partial charge in [0.1, 0.15) is 5.84 Å². The molecule has 0 unspecified atom stereocenters. The molecule has 0 fully saturated rings. The van der Waals surface area contributed by atoms with Gasteiger partial charge in [-0.1, -0.05) is 56.0 Å². The Kier molecular flexibility index (Phi) is 6.21. The standard InChI is InChI=1S/C23H23N7.CH4/c1-3-8-18-16(6-1)20(14-27-29-22-10-5-11-24-22)17-7-2-4-9-19(17)21(18)15-28-30-23-25-12-13-26-23;/h1-4,6-9,14-15H,5,10-13H2,(H,24,29)(H2,25,26,30);1H4/b27-14+,28-15+;. The van der Waals surface area contributed by atoms with Gasteiger partial charge in [0.05, 0.1) is 19.0 Å². The molecule has 2 aliphatic rings. The summed E-state index contributed by atoms with van der Waals surface area (Å²) in [5.74, 6) is 1.67. The van der Waals surface area contributed by atoms with Crippen LogP contribution in [0.15, 0.2) is 68.7 Å². The summed E-state index contributed by atoms with van der Waals surface area (Å²) in [5.41, 5.74) is 8.25. The molecule has 3 aromatic rings. The number of nitrogens with zero attached hydrogens (tertiary/aromatic N) is 4. The number of rotatable bonds is 4. The van der Waals surface area contributed by atoms with E-state index in [9.17, 15) is 0 Å². The first-order chi connectivity index (χ1) is 14.9. The number of hydrogen-bond acceptors (Lipinski definition) is 7. The van der Waals surface area contributed by atoms with Crippen molar-refractivity contribution in [3.63, 3.8) is 0 Å². The van der Waals surface area contributed by atoms with Crippen LogP contribution < -0.4 is 16.2 Å². The van der Waals surface area contributed by atoms with E-state index >= 15 is 0 Å². The summed E-state index contributed by atoms with van der Waals surface area (Å²) in [6.07, 6.45) is 5.83. The molecule has 0 spiro atoms. The van der Waals surface area contributed by atoms with Crippen LogP contribution in [-0.4, -0.2) is 43.9 Å².